The van der Waals surface area contributed by atoms with Gasteiger partial charge in [0.05, 0.1) is 0 Å². The Morgan fingerprint density at radius 1 is 1.40 bits per heavy atom. The molecule has 0 saturated heterocycles. The van der Waals surface area contributed by atoms with Crippen LogP contribution in [0.2, 0.25) is 0 Å². The lowest BCUT2D eigenvalue weighted by Gasteiger charge is -2.09. The first-order chi connectivity index (χ1) is 7.00. The molecule has 2 nitrogen and oxygen atoms in total. The van der Waals surface area contributed by atoms with Crippen molar-refractivity contribution in [3.8, 4) is 5.75 Å². The van der Waals surface area contributed by atoms with Crippen LogP contribution in [0, 0.1) is 13.8 Å². The number of aromatic hydroxyl groups is 1. The summed E-state index contributed by atoms with van der Waals surface area (Å²) in [4.78, 5) is 0. The SMILES string of the molecule is C=C(Br)CNCc1cc(C)c(C)cc1O. The Labute approximate surface area is 99.1 Å². The van der Waals surface area contributed by atoms with Crippen LogP contribution in [-0.2, 0) is 6.54 Å². The second-order valence-corrected chi connectivity index (χ2v) is 4.81. The van der Waals surface area contributed by atoms with E-state index in [9.17, 15) is 5.11 Å². The molecule has 0 bridgehead atoms. The van der Waals surface area contributed by atoms with Crippen LogP contribution in [0.4, 0.5) is 0 Å². The van der Waals surface area contributed by atoms with Gasteiger partial charge >= 0.3 is 0 Å². The number of phenolic OH excluding ortho intramolecular Hbond substituents is 1. The molecule has 0 heterocycles. The highest BCUT2D eigenvalue weighted by Gasteiger charge is 2.03. The van der Waals surface area contributed by atoms with E-state index in [1.165, 1.54) is 5.56 Å². The lowest BCUT2D eigenvalue weighted by Crippen LogP contribution is -2.14. The van der Waals surface area contributed by atoms with Gasteiger partial charge in [-0.05, 0) is 31.0 Å². The first kappa shape index (κ1) is 12.3. The van der Waals surface area contributed by atoms with Crippen LogP contribution < -0.4 is 5.32 Å². The predicted molar refractivity (Wildman–Crippen MR) is 67.4 cm³/mol. The van der Waals surface area contributed by atoms with E-state index >= 15 is 0 Å². The minimum Gasteiger partial charge on any atom is -0.508 e. The second kappa shape index (κ2) is 5.33. The molecule has 0 unspecified atom stereocenters. The fourth-order valence-electron chi connectivity index (χ4n) is 1.34. The number of hydrogen-bond donors (Lipinski definition) is 2. The zero-order valence-corrected chi connectivity index (χ0v) is 10.7. The first-order valence-corrected chi connectivity index (χ1v) is 5.63. The molecule has 0 aliphatic rings. The smallest absolute Gasteiger partial charge is 0.120 e. The second-order valence-electron chi connectivity index (χ2n) is 3.69. The van der Waals surface area contributed by atoms with E-state index in [1.807, 2.05) is 19.9 Å². The van der Waals surface area contributed by atoms with Crippen molar-refractivity contribution in [1.29, 1.82) is 0 Å². The van der Waals surface area contributed by atoms with Gasteiger partial charge in [0.1, 0.15) is 5.75 Å². The van der Waals surface area contributed by atoms with Gasteiger partial charge in [-0.3, -0.25) is 0 Å². The van der Waals surface area contributed by atoms with Gasteiger partial charge in [0, 0.05) is 23.1 Å². The van der Waals surface area contributed by atoms with Gasteiger partial charge < -0.3 is 10.4 Å². The van der Waals surface area contributed by atoms with E-state index < -0.39 is 0 Å². The van der Waals surface area contributed by atoms with Crippen molar-refractivity contribution >= 4 is 15.9 Å². The molecule has 15 heavy (non-hydrogen) atoms. The van der Waals surface area contributed by atoms with Gasteiger partial charge in [0.15, 0.2) is 0 Å². The van der Waals surface area contributed by atoms with Gasteiger partial charge in [-0.25, -0.2) is 0 Å². The summed E-state index contributed by atoms with van der Waals surface area (Å²) in [6.07, 6.45) is 0. The van der Waals surface area contributed by atoms with E-state index in [1.54, 1.807) is 6.07 Å². The number of aryl methyl sites for hydroxylation is 2. The average molecular weight is 270 g/mol. The van der Waals surface area contributed by atoms with E-state index in [2.05, 4.69) is 27.8 Å². The number of hydrogen-bond acceptors (Lipinski definition) is 2. The lowest BCUT2D eigenvalue weighted by atomic mass is 10.1. The Morgan fingerprint density at radius 3 is 2.60 bits per heavy atom. The van der Waals surface area contributed by atoms with Crippen LogP contribution in [0.5, 0.6) is 5.75 Å². The third-order valence-corrected chi connectivity index (χ3v) is 2.61. The van der Waals surface area contributed by atoms with Crippen molar-refractivity contribution in [2.24, 2.45) is 0 Å². The molecular formula is C12H16BrNO. The summed E-state index contributed by atoms with van der Waals surface area (Å²) in [5.74, 6) is 0.353. The minimum absolute atomic E-state index is 0.353. The van der Waals surface area contributed by atoms with E-state index in [-0.39, 0.29) is 0 Å². The molecule has 0 radical (unpaired) electrons. The van der Waals surface area contributed by atoms with Crippen molar-refractivity contribution in [2.45, 2.75) is 20.4 Å². The van der Waals surface area contributed by atoms with Gasteiger partial charge in [-0.1, -0.05) is 28.6 Å². The standard InChI is InChI=1S/C12H16BrNO/c1-8-4-11(7-14-6-10(3)13)12(15)5-9(8)2/h4-5,14-15H,3,6-7H2,1-2H3. The molecule has 0 fully saturated rings. The van der Waals surface area contributed by atoms with E-state index in [0.717, 1.165) is 15.6 Å². The van der Waals surface area contributed by atoms with Crippen LogP contribution in [0.15, 0.2) is 23.2 Å². The summed E-state index contributed by atoms with van der Waals surface area (Å²) in [7, 11) is 0. The summed E-state index contributed by atoms with van der Waals surface area (Å²) in [6, 6.07) is 3.81. The fraction of sp³-hybridized carbons (Fsp3) is 0.333. The predicted octanol–water partition coefficient (Wildman–Crippen LogP) is 3.01. The molecule has 0 spiro atoms. The molecule has 82 valence electrons. The average Bonchev–Trinajstić information content (AvgIpc) is 2.13. The monoisotopic (exact) mass is 269 g/mol. The normalized spacial score (nSPS) is 10.3. The molecule has 0 aromatic heterocycles. The van der Waals surface area contributed by atoms with Gasteiger partial charge in [0.25, 0.3) is 0 Å². The highest BCUT2D eigenvalue weighted by atomic mass is 79.9. The van der Waals surface area contributed by atoms with Crippen molar-refractivity contribution < 1.29 is 5.11 Å². The maximum Gasteiger partial charge on any atom is 0.120 e. The summed E-state index contributed by atoms with van der Waals surface area (Å²) in [5.41, 5.74) is 3.23. The number of nitrogens with one attached hydrogen (secondary N) is 1. The highest BCUT2D eigenvalue weighted by molar-refractivity contribution is 9.11. The fourth-order valence-corrected chi connectivity index (χ4v) is 1.53. The maximum absolute atomic E-state index is 9.71. The lowest BCUT2D eigenvalue weighted by molar-refractivity contribution is 0.465. The molecule has 0 saturated carbocycles. The van der Waals surface area contributed by atoms with Gasteiger partial charge in [-0.15, -0.1) is 0 Å². The van der Waals surface area contributed by atoms with Crippen LogP contribution >= 0.6 is 15.9 Å². The summed E-state index contributed by atoms with van der Waals surface area (Å²) >= 11 is 3.27. The molecule has 1 aromatic carbocycles. The topological polar surface area (TPSA) is 32.3 Å². The Kier molecular flexibility index (Phi) is 4.36. The van der Waals surface area contributed by atoms with Crippen molar-refractivity contribution in [1.82, 2.24) is 5.32 Å². The maximum atomic E-state index is 9.71. The molecule has 0 amide bonds. The van der Waals surface area contributed by atoms with Crippen molar-refractivity contribution in [3.63, 3.8) is 0 Å². The summed E-state index contributed by atoms with van der Waals surface area (Å²) in [6.45, 7) is 9.12. The quantitative estimate of drug-likeness (QED) is 0.881. The van der Waals surface area contributed by atoms with E-state index in [4.69, 9.17) is 0 Å². The molecule has 2 N–H and O–H groups in total. The first-order valence-electron chi connectivity index (χ1n) is 4.84. The Morgan fingerprint density at radius 2 is 2.00 bits per heavy atom. The number of rotatable bonds is 4. The third-order valence-electron chi connectivity index (χ3n) is 2.33. The molecule has 0 aliphatic carbocycles. The van der Waals surface area contributed by atoms with E-state index in [0.29, 0.717) is 18.8 Å². The van der Waals surface area contributed by atoms with Gasteiger partial charge in [0.2, 0.25) is 0 Å². The Hall–Kier alpha value is -0.800. The van der Waals surface area contributed by atoms with Crippen molar-refractivity contribution in [3.05, 3.63) is 39.9 Å². The zero-order valence-electron chi connectivity index (χ0n) is 9.10. The third kappa shape index (κ3) is 3.68. The molecule has 3 heteroatoms. The summed E-state index contributed by atoms with van der Waals surface area (Å²) < 4.78 is 0.908. The number of benzene rings is 1. The van der Waals surface area contributed by atoms with Crippen LogP contribution in [0.25, 0.3) is 0 Å². The minimum atomic E-state index is 0.353. The zero-order chi connectivity index (χ0) is 11.4. The number of halogens is 1. The van der Waals surface area contributed by atoms with Gasteiger partial charge in [-0.2, -0.15) is 0 Å². The van der Waals surface area contributed by atoms with Crippen LogP contribution in [0.1, 0.15) is 16.7 Å². The van der Waals surface area contributed by atoms with Crippen molar-refractivity contribution in [2.75, 3.05) is 6.54 Å². The number of phenols is 1. The Bertz CT molecular complexity index is 374. The molecule has 0 aliphatic heterocycles. The molecule has 0 atom stereocenters. The molecule has 1 aromatic rings. The largest absolute Gasteiger partial charge is 0.508 e. The Balaban J connectivity index is 2.69. The van der Waals surface area contributed by atoms with Crippen LogP contribution in [-0.4, -0.2) is 11.7 Å². The summed E-state index contributed by atoms with van der Waals surface area (Å²) in [5, 5.41) is 12.9. The molecular weight excluding hydrogens is 254 g/mol. The highest BCUT2D eigenvalue weighted by Crippen LogP contribution is 2.21. The molecule has 1 rings (SSSR count). The van der Waals surface area contributed by atoms with Crippen LogP contribution in [0.3, 0.4) is 0 Å².